The predicted octanol–water partition coefficient (Wildman–Crippen LogP) is 3.36. The second-order valence-corrected chi connectivity index (χ2v) is 7.13. The van der Waals surface area contributed by atoms with Crippen molar-refractivity contribution in [2.24, 2.45) is 4.99 Å². The monoisotopic (exact) mass is 372 g/mol. The number of nitrogens with one attached hydrogen (secondary N) is 1. The van der Waals surface area contributed by atoms with Crippen molar-refractivity contribution >= 4 is 34.8 Å². The Morgan fingerprint density at radius 3 is 2.96 bits per heavy atom. The summed E-state index contributed by atoms with van der Waals surface area (Å²) < 4.78 is 1.47. The van der Waals surface area contributed by atoms with Crippen molar-refractivity contribution < 1.29 is 5.11 Å². The average molecular weight is 372 g/mol. The number of aromatic nitrogens is 2. The first-order valence-electron chi connectivity index (χ1n) is 7.82. The van der Waals surface area contributed by atoms with Gasteiger partial charge in [-0.3, -0.25) is 14.3 Å². The molecule has 2 aromatic heterocycles. The Hall–Kier alpha value is -2.50. The van der Waals surface area contributed by atoms with Gasteiger partial charge in [-0.05, 0) is 43.5 Å². The molecule has 8 heteroatoms. The molecule has 0 amide bonds. The van der Waals surface area contributed by atoms with Gasteiger partial charge >= 0.3 is 0 Å². The summed E-state index contributed by atoms with van der Waals surface area (Å²) in [6, 6.07) is 2.22. The molecule has 0 unspecified atom stereocenters. The molecule has 0 spiro atoms. The van der Waals surface area contributed by atoms with Crippen molar-refractivity contribution in [1.29, 1.82) is 5.26 Å². The van der Waals surface area contributed by atoms with Crippen molar-refractivity contribution in [2.45, 2.75) is 32.2 Å². The fourth-order valence-corrected chi connectivity index (χ4v) is 4.31. The number of aryl methyl sites for hydroxylation is 1. The summed E-state index contributed by atoms with van der Waals surface area (Å²) in [7, 11) is 0. The number of fused-ring (bicyclic) bond motifs is 1. The minimum atomic E-state index is -0.522. The van der Waals surface area contributed by atoms with E-state index in [2.05, 4.69) is 22.6 Å². The zero-order valence-corrected chi connectivity index (χ0v) is 15.0. The van der Waals surface area contributed by atoms with Crippen LogP contribution in [0.1, 0.15) is 34.4 Å². The van der Waals surface area contributed by atoms with Gasteiger partial charge in [0.2, 0.25) is 5.88 Å². The number of aromatic amines is 1. The lowest BCUT2D eigenvalue weighted by molar-refractivity contribution is 0.413. The minimum Gasteiger partial charge on any atom is -0.494 e. The maximum absolute atomic E-state index is 12.1. The first kappa shape index (κ1) is 17.3. The van der Waals surface area contributed by atoms with Crippen LogP contribution < -0.4 is 5.56 Å². The molecule has 0 radical (unpaired) electrons. The lowest BCUT2D eigenvalue weighted by Gasteiger charge is -2.09. The number of hydrogen-bond acceptors (Lipinski definition) is 6. The van der Waals surface area contributed by atoms with Crippen LogP contribution in [-0.4, -0.2) is 20.9 Å². The lowest BCUT2D eigenvalue weighted by Crippen LogP contribution is -2.18. The standard InChI is InChI=1S/C17H16N4O2S2/c1-2-7-21-16(23)12(14(22)20-17(21)24)9-19-15-11(8-18)10-5-3-4-6-13(10)25-15/h2,9,23H,1,3-7H2,(H,20,22,24)/b19-9+. The number of allylic oxidation sites excluding steroid dienone is 1. The maximum atomic E-state index is 12.1. The summed E-state index contributed by atoms with van der Waals surface area (Å²) in [5.41, 5.74) is 1.13. The van der Waals surface area contributed by atoms with Crippen LogP contribution in [0.2, 0.25) is 0 Å². The number of aromatic hydroxyl groups is 1. The highest BCUT2D eigenvalue weighted by Gasteiger charge is 2.20. The van der Waals surface area contributed by atoms with Crippen LogP contribution in [0.15, 0.2) is 22.4 Å². The highest BCUT2D eigenvalue weighted by molar-refractivity contribution is 7.71. The van der Waals surface area contributed by atoms with E-state index in [1.165, 1.54) is 27.0 Å². The third-order valence-electron chi connectivity index (χ3n) is 4.09. The fraction of sp³-hybridized carbons (Fsp3) is 0.294. The van der Waals surface area contributed by atoms with Gasteiger partial charge in [-0.15, -0.1) is 17.9 Å². The zero-order chi connectivity index (χ0) is 18.0. The van der Waals surface area contributed by atoms with Gasteiger partial charge in [0.15, 0.2) is 4.77 Å². The molecule has 2 N–H and O–H groups in total. The summed E-state index contributed by atoms with van der Waals surface area (Å²) in [5, 5.41) is 20.4. The molecular formula is C17H16N4O2S2. The highest BCUT2D eigenvalue weighted by atomic mass is 32.1. The van der Waals surface area contributed by atoms with Crippen molar-refractivity contribution in [3.05, 3.63) is 49.3 Å². The molecule has 0 fully saturated rings. The molecule has 128 valence electrons. The number of nitriles is 1. The van der Waals surface area contributed by atoms with E-state index in [1.807, 2.05) is 0 Å². The van der Waals surface area contributed by atoms with E-state index in [4.69, 9.17) is 12.2 Å². The Morgan fingerprint density at radius 1 is 1.48 bits per heavy atom. The number of H-pyrrole nitrogens is 1. The van der Waals surface area contributed by atoms with E-state index in [1.54, 1.807) is 6.08 Å². The van der Waals surface area contributed by atoms with Gasteiger partial charge in [0.25, 0.3) is 5.56 Å². The topological polar surface area (TPSA) is 94.2 Å². The zero-order valence-electron chi connectivity index (χ0n) is 13.4. The number of thiophene rings is 1. The van der Waals surface area contributed by atoms with Crippen molar-refractivity contribution in [3.63, 3.8) is 0 Å². The van der Waals surface area contributed by atoms with Crippen molar-refractivity contribution in [1.82, 2.24) is 9.55 Å². The SMILES string of the molecule is C=CCn1c(O)c(/C=N/c2sc3c(c2C#N)CCCC3)c(=O)[nH]c1=S. The van der Waals surface area contributed by atoms with Crippen molar-refractivity contribution in [2.75, 3.05) is 0 Å². The highest BCUT2D eigenvalue weighted by Crippen LogP contribution is 2.39. The van der Waals surface area contributed by atoms with Gasteiger partial charge in [0.1, 0.15) is 16.6 Å². The summed E-state index contributed by atoms with van der Waals surface area (Å²) in [6.07, 6.45) is 6.89. The number of nitrogens with zero attached hydrogens (tertiary/aromatic N) is 3. The Labute approximate surface area is 153 Å². The van der Waals surface area contributed by atoms with E-state index in [0.717, 1.165) is 31.2 Å². The lowest BCUT2D eigenvalue weighted by atomic mass is 9.96. The molecule has 0 atom stereocenters. The average Bonchev–Trinajstić information content (AvgIpc) is 2.95. The molecule has 0 saturated heterocycles. The molecule has 1 aliphatic carbocycles. The molecule has 0 bridgehead atoms. The second-order valence-electron chi connectivity index (χ2n) is 5.66. The summed E-state index contributed by atoms with van der Waals surface area (Å²) in [6.45, 7) is 3.87. The van der Waals surface area contributed by atoms with Crippen LogP contribution in [0.3, 0.4) is 0 Å². The van der Waals surface area contributed by atoms with Crippen LogP contribution in [-0.2, 0) is 19.4 Å². The molecule has 1 aliphatic rings. The number of aliphatic imine (C=N–C) groups is 1. The normalized spacial score (nSPS) is 13.6. The smallest absolute Gasteiger partial charge is 0.264 e. The van der Waals surface area contributed by atoms with E-state index in [9.17, 15) is 15.2 Å². The fourth-order valence-electron chi connectivity index (χ4n) is 2.87. The van der Waals surface area contributed by atoms with Gasteiger partial charge in [0.05, 0.1) is 5.56 Å². The summed E-state index contributed by atoms with van der Waals surface area (Å²) in [5.74, 6) is -0.266. The van der Waals surface area contributed by atoms with E-state index in [-0.39, 0.29) is 22.8 Å². The third kappa shape index (κ3) is 3.21. The molecule has 0 aliphatic heterocycles. The third-order valence-corrected chi connectivity index (χ3v) is 5.62. The van der Waals surface area contributed by atoms with Crippen LogP contribution >= 0.6 is 23.6 Å². The van der Waals surface area contributed by atoms with Crippen LogP contribution in [0.4, 0.5) is 5.00 Å². The molecule has 0 saturated carbocycles. The number of rotatable bonds is 4. The molecule has 2 heterocycles. The van der Waals surface area contributed by atoms with E-state index in [0.29, 0.717) is 10.6 Å². The Balaban J connectivity index is 2.07. The Bertz CT molecular complexity index is 1020. The van der Waals surface area contributed by atoms with Gasteiger partial charge in [-0.25, -0.2) is 4.99 Å². The van der Waals surface area contributed by atoms with Crippen LogP contribution in [0.25, 0.3) is 0 Å². The summed E-state index contributed by atoms with van der Waals surface area (Å²) >= 11 is 6.52. The molecule has 25 heavy (non-hydrogen) atoms. The van der Waals surface area contributed by atoms with Gasteiger partial charge in [0, 0.05) is 17.6 Å². The number of hydrogen-bond donors (Lipinski definition) is 2. The van der Waals surface area contributed by atoms with Gasteiger partial charge in [-0.1, -0.05) is 6.08 Å². The summed E-state index contributed by atoms with van der Waals surface area (Å²) in [4.78, 5) is 20.1. The molecule has 3 rings (SSSR count). The largest absolute Gasteiger partial charge is 0.494 e. The first-order chi connectivity index (χ1) is 12.1. The molecule has 0 aromatic carbocycles. The minimum absolute atomic E-state index is 0.00529. The van der Waals surface area contributed by atoms with Gasteiger partial charge < -0.3 is 5.11 Å². The van der Waals surface area contributed by atoms with Crippen LogP contribution in [0.5, 0.6) is 5.88 Å². The molecule has 6 nitrogen and oxygen atoms in total. The Kier molecular flexibility index (Phi) is 4.97. The first-order valence-corrected chi connectivity index (χ1v) is 9.05. The van der Waals surface area contributed by atoms with Gasteiger partial charge in [-0.2, -0.15) is 5.26 Å². The molecular weight excluding hydrogens is 356 g/mol. The van der Waals surface area contributed by atoms with E-state index < -0.39 is 5.56 Å². The quantitative estimate of drug-likeness (QED) is 0.489. The van der Waals surface area contributed by atoms with Crippen molar-refractivity contribution in [3.8, 4) is 11.9 Å². The van der Waals surface area contributed by atoms with Crippen LogP contribution in [0, 0.1) is 16.1 Å². The van der Waals surface area contributed by atoms with E-state index >= 15 is 0 Å². The second kappa shape index (κ2) is 7.17. The predicted molar refractivity (Wildman–Crippen MR) is 101 cm³/mol. The Morgan fingerprint density at radius 2 is 2.24 bits per heavy atom. The molecule has 2 aromatic rings. The maximum Gasteiger partial charge on any atom is 0.264 e.